The molecule has 0 aromatic heterocycles. The van der Waals surface area contributed by atoms with Gasteiger partial charge >= 0.3 is 23.9 Å². The van der Waals surface area contributed by atoms with Crippen molar-refractivity contribution in [1.29, 1.82) is 0 Å². The van der Waals surface area contributed by atoms with Gasteiger partial charge in [-0.2, -0.15) is 0 Å². The van der Waals surface area contributed by atoms with Crippen LogP contribution >= 0.6 is 12.2 Å². The molecule has 0 saturated carbocycles. The Labute approximate surface area is 240 Å². The summed E-state index contributed by atoms with van der Waals surface area (Å²) in [6, 6.07) is 0. The topological polar surface area (TPSA) is 192 Å². The van der Waals surface area contributed by atoms with Gasteiger partial charge in [-0.15, -0.1) is 0 Å². The number of aliphatic hydroxyl groups is 2. The number of nitrogens with one attached hydrogen (secondary N) is 2. The van der Waals surface area contributed by atoms with Crippen LogP contribution in [-0.4, -0.2) is 85.9 Å². The number of rotatable bonds is 14. The maximum Gasteiger partial charge on any atom is 0.309 e. The van der Waals surface area contributed by atoms with E-state index in [0.717, 1.165) is 0 Å². The molecule has 0 aromatic rings. The number of carbonyl (C=O) groups is 4. The first kappa shape index (κ1) is 33.7. The molecule has 2 fully saturated rings. The highest BCUT2D eigenvalue weighted by molar-refractivity contribution is 7.80. The van der Waals surface area contributed by atoms with Gasteiger partial charge in [-0.05, 0) is 37.9 Å². The van der Waals surface area contributed by atoms with Gasteiger partial charge in [0.15, 0.2) is 5.11 Å². The van der Waals surface area contributed by atoms with E-state index in [0.29, 0.717) is 43.9 Å². The maximum absolute atomic E-state index is 12.0. The number of hydrogen-bond donors (Lipinski definition) is 6. The first-order chi connectivity index (χ1) is 18.3. The van der Waals surface area contributed by atoms with Crippen molar-refractivity contribution >= 4 is 41.2 Å². The van der Waals surface area contributed by atoms with Gasteiger partial charge in [0.25, 0.3) is 0 Å². The number of hydrogen-bond acceptors (Lipinski definition) is 9. The van der Waals surface area contributed by atoms with Crippen molar-refractivity contribution in [2.45, 2.75) is 115 Å². The molecule has 6 N–H and O–H groups in total. The molecule has 0 bridgehead atoms. The van der Waals surface area contributed by atoms with Crippen molar-refractivity contribution in [2.24, 2.45) is 10.8 Å². The van der Waals surface area contributed by atoms with Crippen LogP contribution in [-0.2, 0) is 28.7 Å². The predicted molar refractivity (Wildman–Crippen MR) is 147 cm³/mol. The molecule has 228 valence electrons. The average Bonchev–Trinajstić information content (AvgIpc) is 2.76. The Morgan fingerprint density at radius 2 is 1.18 bits per heavy atom. The van der Waals surface area contributed by atoms with Gasteiger partial charge in [0, 0.05) is 36.8 Å². The van der Waals surface area contributed by atoms with Crippen LogP contribution in [0, 0.1) is 10.8 Å². The number of ether oxygens (including phenoxy) is 2. The fourth-order valence-corrected chi connectivity index (χ4v) is 5.64. The normalized spacial score (nSPS) is 27.4. The van der Waals surface area contributed by atoms with E-state index >= 15 is 0 Å². The smallest absolute Gasteiger partial charge is 0.309 e. The Kier molecular flexibility index (Phi) is 11.3. The molecular formula is C27H44N2O10S. The molecule has 2 rings (SSSR count). The van der Waals surface area contributed by atoms with Crippen LogP contribution in [0.1, 0.15) is 91.9 Å². The lowest BCUT2D eigenvalue weighted by atomic mass is 9.74. The lowest BCUT2D eigenvalue weighted by Crippen LogP contribution is -2.49. The van der Waals surface area contributed by atoms with Gasteiger partial charge < -0.3 is 40.5 Å². The van der Waals surface area contributed by atoms with Crippen LogP contribution in [0.25, 0.3) is 0 Å². The number of aliphatic carboxylic acids is 2. The summed E-state index contributed by atoms with van der Waals surface area (Å²) in [6.07, 6.45) is -0.0609. The van der Waals surface area contributed by atoms with E-state index in [4.69, 9.17) is 31.9 Å². The highest BCUT2D eigenvalue weighted by atomic mass is 32.1. The molecule has 2 saturated heterocycles. The first-order valence-electron chi connectivity index (χ1n) is 13.6. The molecule has 4 atom stereocenters. The molecule has 0 aliphatic carbocycles. The minimum Gasteiger partial charge on any atom is -0.481 e. The Bertz CT molecular complexity index is 889. The number of thiocarbonyl (C=S) groups is 1. The summed E-state index contributed by atoms with van der Waals surface area (Å²) < 4.78 is 10.9. The monoisotopic (exact) mass is 588 g/mol. The van der Waals surface area contributed by atoms with E-state index in [1.807, 2.05) is 27.7 Å². The van der Waals surface area contributed by atoms with E-state index in [1.54, 1.807) is 0 Å². The zero-order valence-corrected chi connectivity index (χ0v) is 24.6. The molecule has 40 heavy (non-hydrogen) atoms. The van der Waals surface area contributed by atoms with Gasteiger partial charge in [0.1, 0.15) is 12.2 Å². The largest absolute Gasteiger partial charge is 0.481 e. The molecule has 2 aliphatic heterocycles. The number of cyclic esters (lactones) is 2. The van der Waals surface area contributed by atoms with Crippen LogP contribution in [0.15, 0.2) is 0 Å². The summed E-state index contributed by atoms with van der Waals surface area (Å²) >= 11 is 5.35. The molecule has 12 nitrogen and oxygen atoms in total. The van der Waals surface area contributed by atoms with Crippen molar-refractivity contribution in [2.75, 3.05) is 13.1 Å². The van der Waals surface area contributed by atoms with Crippen LogP contribution < -0.4 is 10.6 Å². The third-order valence-corrected chi connectivity index (χ3v) is 8.18. The third-order valence-electron chi connectivity index (χ3n) is 7.90. The van der Waals surface area contributed by atoms with Crippen molar-refractivity contribution in [3.63, 3.8) is 0 Å². The second kappa shape index (κ2) is 13.4. The standard InChI is InChI=1S/C27H44N2O10S/c1-24(2,17-11-26(36,13-19(30)31)15-21(34)38-17)7-5-9-28-23(40)29-10-6-8-25(3,4)18-12-27(37,14-20(32)33)16-22(35)39-18/h17-18,36-37H,5-16H2,1-4H3,(H,30,31)(H,32,33)(H2,28,29,40). The molecular weight excluding hydrogens is 544 g/mol. The molecule has 0 spiro atoms. The first-order valence-corrected chi connectivity index (χ1v) is 14.0. The highest BCUT2D eigenvalue weighted by Gasteiger charge is 2.47. The van der Waals surface area contributed by atoms with Gasteiger partial charge in [0.2, 0.25) is 0 Å². The van der Waals surface area contributed by atoms with Gasteiger partial charge in [-0.25, -0.2) is 0 Å². The van der Waals surface area contributed by atoms with Crippen molar-refractivity contribution in [1.82, 2.24) is 10.6 Å². The second-order valence-corrected chi connectivity index (χ2v) is 13.1. The second-order valence-electron chi connectivity index (χ2n) is 12.7. The van der Waals surface area contributed by atoms with Crippen molar-refractivity contribution in [3.8, 4) is 0 Å². The zero-order valence-electron chi connectivity index (χ0n) is 23.8. The van der Waals surface area contributed by atoms with E-state index in [1.165, 1.54) is 0 Å². The minimum atomic E-state index is -1.61. The summed E-state index contributed by atoms with van der Waals surface area (Å²) in [5, 5.41) is 46.1. The van der Waals surface area contributed by atoms with E-state index < -0.39 is 71.0 Å². The number of carboxylic acids is 2. The zero-order chi connectivity index (χ0) is 30.4. The fraction of sp³-hybridized carbons (Fsp3) is 0.815. The van der Waals surface area contributed by atoms with Gasteiger partial charge in [-0.3, -0.25) is 19.2 Å². The quantitative estimate of drug-likeness (QED) is 0.0980. The summed E-state index contributed by atoms with van der Waals surface area (Å²) in [5.41, 5.74) is -4.19. The Morgan fingerprint density at radius 3 is 1.50 bits per heavy atom. The summed E-state index contributed by atoms with van der Waals surface area (Å²) in [6.45, 7) is 8.79. The third kappa shape index (κ3) is 10.5. The summed E-state index contributed by atoms with van der Waals surface area (Å²) in [7, 11) is 0. The lowest BCUT2D eigenvalue weighted by molar-refractivity contribution is -0.185. The molecule has 2 aliphatic rings. The maximum atomic E-state index is 12.0. The molecule has 4 unspecified atom stereocenters. The SMILES string of the molecule is CC(C)(CCCNC(=S)NCCCC(C)(C)C1CC(O)(CC(=O)O)CC(=O)O1)C1CC(O)(CC(=O)O)CC(=O)O1. The molecule has 13 heteroatoms. The summed E-state index contributed by atoms with van der Waals surface area (Å²) in [4.78, 5) is 46.3. The number of carbonyl (C=O) groups excluding carboxylic acids is 2. The summed E-state index contributed by atoms with van der Waals surface area (Å²) in [5.74, 6) is -3.53. The predicted octanol–water partition coefficient (Wildman–Crippen LogP) is 1.89. The highest BCUT2D eigenvalue weighted by Crippen LogP contribution is 2.41. The van der Waals surface area contributed by atoms with Crippen LogP contribution in [0.5, 0.6) is 0 Å². The molecule has 0 aromatic carbocycles. The van der Waals surface area contributed by atoms with Gasteiger partial charge in [-0.1, -0.05) is 27.7 Å². The van der Waals surface area contributed by atoms with Crippen LogP contribution in [0.3, 0.4) is 0 Å². The molecule has 0 amide bonds. The molecule has 2 heterocycles. The fourth-order valence-electron chi connectivity index (χ4n) is 5.44. The van der Waals surface area contributed by atoms with E-state index in [-0.39, 0.29) is 25.7 Å². The van der Waals surface area contributed by atoms with E-state index in [2.05, 4.69) is 10.6 Å². The lowest BCUT2D eigenvalue weighted by Gasteiger charge is -2.42. The van der Waals surface area contributed by atoms with Crippen molar-refractivity contribution < 1.29 is 49.1 Å². The number of carboxylic acid groups (broad SMARTS) is 2. The Morgan fingerprint density at radius 1 is 0.825 bits per heavy atom. The van der Waals surface area contributed by atoms with E-state index in [9.17, 15) is 29.4 Å². The molecule has 0 radical (unpaired) electrons. The minimum absolute atomic E-state index is 0.0701. The van der Waals surface area contributed by atoms with Crippen molar-refractivity contribution in [3.05, 3.63) is 0 Å². The Balaban J connectivity index is 1.72. The van der Waals surface area contributed by atoms with Gasteiger partial charge in [0.05, 0.1) is 36.9 Å². The van der Waals surface area contributed by atoms with Crippen LogP contribution in [0.2, 0.25) is 0 Å². The van der Waals surface area contributed by atoms with Crippen LogP contribution in [0.4, 0.5) is 0 Å². The average molecular weight is 589 g/mol. The number of esters is 2. The Hall–Kier alpha value is -2.51.